The summed E-state index contributed by atoms with van der Waals surface area (Å²) in [5.41, 5.74) is 0.946. The predicted molar refractivity (Wildman–Crippen MR) is 93.1 cm³/mol. The Labute approximate surface area is 144 Å². The Bertz CT molecular complexity index is 556. The molecule has 1 aliphatic heterocycles. The molecule has 0 aromatic heterocycles. The number of carbonyl (C=O) groups excluding carboxylic acids is 1. The SMILES string of the molecule is COc1ccc(CCC(=O)N(C)C2CCNCC2)c(OC)c1OC. The minimum atomic E-state index is 0.165. The maximum absolute atomic E-state index is 12.5. The zero-order valence-corrected chi connectivity index (χ0v) is 15.1. The molecular weight excluding hydrogens is 308 g/mol. The Balaban J connectivity index is 2.04. The molecule has 0 aliphatic carbocycles. The van der Waals surface area contributed by atoms with Gasteiger partial charge in [-0.05, 0) is 44.0 Å². The van der Waals surface area contributed by atoms with Crippen LogP contribution in [-0.2, 0) is 11.2 Å². The summed E-state index contributed by atoms with van der Waals surface area (Å²) in [6, 6.07) is 4.11. The van der Waals surface area contributed by atoms with Crippen molar-refractivity contribution in [2.24, 2.45) is 0 Å². The smallest absolute Gasteiger partial charge is 0.222 e. The van der Waals surface area contributed by atoms with Crippen molar-refractivity contribution in [2.75, 3.05) is 41.5 Å². The minimum absolute atomic E-state index is 0.165. The number of aryl methyl sites for hydroxylation is 1. The number of carbonyl (C=O) groups is 1. The number of hydrogen-bond acceptors (Lipinski definition) is 5. The van der Waals surface area contributed by atoms with E-state index in [0.717, 1.165) is 31.5 Å². The standard InChI is InChI=1S/C18H28N2O4/c1-20(14-9-11-19-12-10-14)16(21)8-6-13-5-7-15(22-2)18(24-4)17(13)23-3/h5,7,14,19H,6,8-12H2,1-4H3. The number of nitrogens with one attached hydrogen (secondary N) is 1. The van der Waals surface area contributed by atoms with E-state index in [4.69, 9.17) is 14.2 Å². The molecule has 0 saturated carbocycles. The van der Waals surface area contributed by atoms with E-state index in [2.05, 4.69) is 5.32 Å². The molecular formula is C18H28N2O4. The molecule has 1 N–H and O–H groups in total. The van der Waals surface area contributed by atoms with Crippen molar-refractivity contribution in [3.63, 3.8) is 0 Å². The van der Waals surface area contributed by atoms with Crippen LogP contribution in [0.5, 0.6) is 17.2 Å². The average Bonchev–Trinajstić information content (AvgIpc) is 2.64. The van der Waals surface area contributed by atoms with E-state index in [1.165, 1.54) is 0 Å². The molecule has 1 aromatic rings. The molecule has 2 rings (SSSR count). The molecule has 0 radical (unpaired) electrons. The van der Waals surface area contributed by atoms with Crippen LogP contribution in [0.15, 0.2) is 12.1 Å². The molecule has 6 nitrogen and oxygen atoms in total. The normalized spacial score (nSPS) is 15.0. The highest BCUT2D eigenvalue weighted by Gasteiger charge is 2.22. The Morgan fingerprint density at radius 3 is 2.38 bits per heavy atom. The van der Waals surface area contributed by atoms with Gasteiger partial charge in [-0.15, -0.1) is 0 Å². The van der Waals surface area contributed by atoms with Crippen molar-refractivity contribution < 1.29 is 19.0 Å². The fourth-order valence-corrected chi connectivity index (χ4v) is 3.18. The lowest BCUT2D eigenvalue weighted by Crippen LogP contribution is -2.44. The van der Waals surface area contributed by atoms with Crippen molar-refractivity contribution in [2.45, 2.75) is 31.7 Å². The summed E-state index contributed by atoms with van der Waals surface area (Å²) in [5.74, 6) is 1.99. The number of rotatable bonds is 7. The van der Waals surface area contributed by atoms with Gasteiger partial charge < -0.3 is 24.4 Å². The molecule has 1 amide bonds. The number of nitrogens with zero attached hydrogens (tertiary/aromatic N) is 1. The van der Waals surface area contributed by atoms with Crippen LogP contribution in [0.25, 0.3) is 0 Å². The van der Waals surface area contributed by atoms with Gasteiger partial charge in [-0.2, -0.15) is 0 Å². The summed E-state index contributed by atoms with van der Waals surface area (Å²) in [4.78, 5) is 14.4. The number of amides is 1. The first-order valence-corrected chi connectivity index (χ1v) is 8.36. The van der Waals surface area contributed by atoms with Crippen LogP contribution in [-0.4, -0.2) is 58.3 Å². The first-order valence-electron chi connectivity index (χ1n) is 8.36. The number of methoxy groups -OCH3 is 3. The molecule has 0 unspecified atom stereocenters. The molecule has 1 aromatic carbocycles. The van der Waals surface area contributed by atoms with Crippen LogP contribution in [0.4, 0.5) is 0 Å². The highest BCUT2D eigenvalue weighted by Crippen LogP contribution is 2.40. The van der Waals surface area contributed by atoms with E-state index >= 15 is 0 Å². The fraction of sp³-hybridized carbons (Fsp3) is 0.611. The molecule has 24 heavy (non-hydrogen) atoms. The van der Waals surface area contributed by atoms with Gasteiger partial charge in [-0.25, -0.2) is 0 Å². The summed E-state index contributed by atoms with van der Waals surface area (Å²) in [6.07, 6.45) is 3.09. The number of piperidine rings is 1. The third-order valence-corrected chi connectivity index (χ3v) is 4.64. The van der Waals surface area contributed by atoms with Crippen LogP contribution in [0.2, 0.25) is 0 Å². The quantitative estimate of drug-likeness (QED) is 0.823. The van der Waals surface area contributed by atoms with Crippen LogP contribution in [0.3, 0.4) is 0 Å². The van der Waals surface area contributed by atoms with Crippen molar-refractivity contribution in [3.8, 4) is 17.2 Å². The predicted octanol–water partition coefficient (Wildman–Crippen LogP) is 1.86. The zero-order valence-electron chi connectivity index (χ0n) is 15.1. The molecule has 134 valence electrons. The number of ether oxygens (including phenoxy) is 3. The monoisotopic (exact) mass is 336 g/mol. The Morgan fingerprint density at radius 2 is 1.79 bits per heavy atom. The van der Waals surface area contributed by atoms with Gasteiger partial charge in [0, 0.05) is 19.5 Å². The maximum Gasteiger partial charge on any atom is 0.222 e. The van der Waals surface area contributed by atoms with Gasteiger partial charge in [0.05, 0.1) is 21.3 Å². The molecule has 1 fully saturated rings. The summed E-state index contributed by atoms with van der Waals surface area (Å²) >= 11 is 0. The largest absolute Gasteiger partial charge is 0.493 e. The van der Waals surface area contributed by atoms with Crippen LogP contribution in [0.1, 0.15) is 24.8 Å². The highest BCUT2D eigenvalue weighted by atomic mass is 16.5. The van der Waals surface area contributed by atoms with E-state index in [1.54, 1.807) is 21.3 Å². The lowest BCUT2D eigenvalue weighted by molar-refractivity contribution is -0.132. The fourth-order valence-electron chi connectivity index (χ4n) is 3.18. The van der Waals surface area contributed by atoms with Crippen molar-refractivity contribution >= 4 is 5.91 Å². The van der Waals surface area contributed by atoms with Gasteiger partial charge >= 0.3 is 0 Å². The van der Waals surface area contributed by atoms with Gasteiger partial charge in [-0.1, -0.05) is 6.07 Å². The van der Waals surface area contributed by atoms with Gasteiger partial charge in [0.25, 0.3) is 0 Å². The Kier molecular flexibility index (Phi) is 6.73. The van der Waals surface area contributed by atoms with Crippen molar-refractivity contribution in [1.82, 2.24) is 10.2 Å². The van der Waals surface area contributed by atoms with Gasteiger partial charge in [-0.3, -0.25) is 4.79 Å². The molecule has 1 aliphatic rings. The minimum Gasteiger partial charge on any atom is -0.493 e. The van der Waals surface area contributed by atoms with E-state index in [1.807, 2.05) is 24.1 Å². The van der Waals surface area contributed by atoms with Crippen LogP contribution < -0.4 is 19.5 Å². The van der Waals surface area contributed by atoms with E-state index in [-0.39, 0.29) is 5.91 Å². The summed E-state index contributed by atoms with van der Waals surface area (Å²) in [7, 11) is 6.68. The number of hydrogen-bond donors (Lipinski definition) is 1. The molecule has 0 atom stereocenters. The summed E-state index contributed by atoms with van der Waals surface area (Å²) < 4.78 is 16.2. The van der Waals surface area contributed by atoms with Gasteiger partial charge in [0.15, 0.2) is 11.5 Å². The number of benzene rings is 1. The second-order valence-electron chi connectivity index (χ2n) is 5.98. The maximum atomic E-state index is 12.5. The Morgan fingerprint density at radius 1 is 1.12 bits per heavy atom. The summed E-state index contributed by atoms with van der Waals surface area (Å²) in [6.45, 7) is 1.96. The zero-order chi connectivity index (χ0) is 17.5. The topological polar surface area (TPSA) is 60.0 Å². The van der Waals surface area contributed by atoms with Crippen molar-refractivity contribution in [3.05, 3.63) is 17.7 Å². The van der Waals surface area contributed by atoms with Crippen molar-refractivity contribution in [1.29, 1.82) is 0 Å². The molecule has 0 spiro atoms. The lowest BCUT2D eigenvalue weighted by Gasteiger charge is -2.31. The van der Waals surface area contributed by atoms with E-state index in [0.29, 0.717) is 36.1 Å². The average molecular weight is 336 g/mol. The third-order valence-electron chi connectivity index (χ3n) is 4.64. The van der Waals surface area contributed by atoms with Gasteiger partial charge in [0.2, 0.25) is 11.7 Å². The van der Waals surface area contributed by atoms with Crippen LogP contribution in [0, 0.1) is 0 Å². The Hall–Kier alpha value is -1.95. The van der Waals surface area contributed by atoms with Crippen LogP contribution >= 0.6 is 0 Å². The second-order valence-corrected chi connectivity index (χ2v) is 5.98. The molecule has 1 saturated heterocycles. The molecule has 6 heteroatoms. The summed E-state index contributed by atoms with van der Waals surface area (Å²) in [5, 5.41) is 3.32. The molecule has 0 bridgehead atoms. The second kappa shape index (κ2) is 8.78. The lowest BCUT2D eigenvalue weighted by atomic mass is 10.0. The van der Waals surface area contributed by atoms with E-state index in [9.17, 15) is 4.79 Å². The molecule has 1 heterocycles. The first kappa shape index (κ1) is 18.4. The third kappa shape index (κ3) is 4.12. The van der Waals surface area contributed by atoms with Gasteiger partial charge in [0.1, 0.15) is 0 Å². The highest BCUT2D eigenvalue weighted by molar-refractivity contribution is 5.76. The van der Waals surface area contributed by atoms with E-state index < -0.39 is 0 Å². The first-order chi connectivity index (χ1) is 11.6.